The van der Waals surface area contributed by atoms with Crippen LogP contribution in [0.25, 0.3) is 0 Å². The first-order valence-corrected chi connectivity index (χ1v) is 7.74. The second-order valence-corrected chi connectivity index (χ2v) is 5.68. The van der Waals surface area contributed by atoms with Gasteiger partial charge in [0.05, 0.1) is 5.69 Å². The lowest BCUT2D eigenvalue weighted by molar-refractivity contribution is 1.43. The summed E-state index contributed by atoms with van der Waals surface area (Å²) < 4.78 is 0. The molecule has 0 heterocycles. The molecule has 0 aliphatic heterocycles. The summed E-state index contributed by atoms with van der Waals surface area (Å²) in [5.74, 6) is 0. The molecule has 0 saturated heterocycles. The van der Waals surface area contributed by atoms with Gasteiger partial charge in [0, 0.05) is 23.2 Å². The number of anilines is 2. The average Bonchev–Trinajstić information content (AvgIpc) is 2.56. The largest absolute Gasteiger partial charge is 0.355 e. The Balaban J connectivity index is 1.84. The standard InChI is InChI=1S/C21H20N2/c1-16-10-12-19(13-11-16)23-21-9-4-3-7-18(21)15-22-20-8-5-6-17(2)14-20/h3-15,23H,1-2H3. The van der Waals surface area contributed by atoms with E-state index in [1.807, 2.05) is 30.5 Å². The van der Waals surface area contributed by atoms with Crippen LogP contribution in [0.5, 0.6) is 0 Å². The van der Waals surface area contributed by atoms with Gasteiger partial charge >= 0.3 is 0 Å². The number of para-hydroxylation sites is 1. The number of hydrogen-bond acceptors (Lipinski definition) is 2. The van der Waals surface area contributed by atoms with Gasteiger partial charge in [-0.2, -0.15) is 0 Å². The van der Waals surface area contributed by atoms with Crippen LogP contribution in [0.1, 0.15) is 16.7 Å². The predicted molar refractivity (Wildman–Crippen MR) is 99.3 cm³/mol. The average molecular weight is 300 g/mol. The zero-order chi connectivity index (χ0) is 16.1. The molecule has 0 saturated carbocycles. The summed E-state index contributed by atoms with van der Waals surface area (Å²) in [5, 5.41) is 3.46. The summed E-state index contributed by atoms with van der Waals surface area (Å²) in [6.45, 7) is 4.16. The quantitative estimate of drug-likeness (QED) is 0.605. The molecule has 1 N–H and O–H groups in total. The van der Waals surface area contributed by atoms with Crippen molar-refractivity contribution in [3.8, 4) is 0 Å². The molecule has 0 bridgehead atoms. The minimum absolute atomic E-state index is 0.968. The summed E-state index contributed by atoms with van der Waals surface area (Å²) in [7, 11) is 0. The molecule has 0 aliphatic rings. The first-order valence-electron chi connectivity index (χ1n) is 7.74. The van der Waals surface area contributed by atoms with E-state index in [-0.39, 0.29) is 0 Å². The van der Waals surface area contributed by atoms with Crippen LogP contribution in [0.15, 0.2) is 77.8 Å². The van der Waals surface area contributed by atoms with Crippen LogP contribution in [-0.2, 0) is 0 Å². The molecule has 3 aromatic carbocycles. The number of nitrogens with zero attached hydrogens (tertiary/aromatic N) is 1. The van der Waals surface area contributed by atoms with Gasteiger partial charge in [0.1, 0.15) is 0 Å². The van der Waals surface area contributed by atoms with E-state index < -0.39 is 0 Å². The third-order valence-corrected chi connectivity index (χ3v) is 3.65. The van der Waals surface area contributed by atoms with Gasteiger partial charge in [-0.15, -0.1) is 0 Å². The van der Waals surface area contributed by atoms with Gasteiger partial charge in [-0.3, -0.25) is 4.99 Å². The molecule has 0 spiro atoms. The SMILES string of the molecule is Cc1ccc(Nc2ccccc2C=Nc2cccc(C)c2)cc1. The first-order chi connectivity index (χ1) is 11.2. The Kier molecular flexibility index (Phi) is 4.53. The molecule has 0 unspecified atom stereocenters. The van der Waals surface area contributed by atoms with Gasteiger partial charge < -0.3 is 5.32 Å². The molecule has 0 fully saturated rings. The van der Waals surface area contributed by atoms with E-state index >= 15 is 0 Å². The molecule has 0 amide bonds. The van der Waals surface area contributed by atoms with E-state index in [1.54, 1.807) is 0 Å². The molecule has 114 valence electrons. The second-order valence-electron chi connectivity index (χ2n) is 5.68. The molecular formula is C21H20N2. The van der Waals surface area contributed by atoms with Gasteiger partial charge in [0.2, 0.25) is 0 Å². The Hall–Kier alpha value is -2.87. The van der Waals surface area contributed by atoms with Crippen LogP contribution >= 0.6 is 0 Å². The molecule has 0 aromatic heterocycles. The van der Waals surface area contributed by atoms with Crippen molar-refractivity contribution in [3.05, 3.63) is 89.5 Å². The Labute approximate surface area is 137 Å². The van der Waals surface area contributed by atoms with Crippen LogP contribution < -0.4 is 5.32 Å². The number of hydrogen-bond donors (Lipinski definition) is 1. The van der Waals surface area contributed by atoms with Gasteiger partial charge in [0.15, 0.2) is 0 Å². The Bertz CT molecular complexity index is 817. The van der Waals surface area contributed by atoms with E-state index in [2.05, 4.69) is 72.7 Å². The van der Waals surface area contributed by atoms with Crippen molar-refractivity contribution in [2.24, 2.45) is 4.99 Å². The topological polar surface area (TPSA) is 24.4 Å². The van der Waals surface area contributed by atoms with E-state index in [0.717, 1.165) is 22.6 Å². The second kappa shape index (κ2) is 6.93. The minimum atomic E-state index is 0.968. The molecule has 2 heteroatoms. The maximum absolute atomic E-state index is 4.59. The van der Waals surface area contributed by atoms with Gasteiger partial charge in [-0.25, -0.2) is 0 Å². The molecule has 0 radical (unpaired) electrons. The van der Waals surface area contributed by atoms with E-state index in [4.69, 9.17) is 0 Å². The van der Waals surface area contributed by atoms with Gasteiger partial charge in [-0.1, -0.05) is 48.0 Å². The number of benzene rings is 3. The summed E-state index contributed by atoms with van der Waals surface area (Å²) in [5.41, 5.74) is 6.63. The molecule has 3 rings (SSSR count). The monoisotopic (exact) mass is 300 g/mol. The molecule has 0 atom stereocenters. The van der Waals surface area contributed by atoms with E-state index in [0.29, 0.717) is 0 Å². The van der Waals surface area contributed by atoms with Crippen molar-refractivity contribution in [2.45, 2.75) is 13.8 Å². The van der Waals surface area contributed by atoms with Gasteiger partial charge in [-0.05, 0) is 49.7 Å². The van der Waals surface area contributed by atoms with Crippen LogP contribution in [0, 0.1) is 13.8 Å². The van der Waals surface area contributed by atoms with Crippen molar-refractivity contribution in [2.75, 3.05) is 5.32 Å². The Morgan fingerprint density at radius 1 is 0.783 bits per heavy atom. The summed E-state index contributed by atoms with van der Waals surface area (Å²) in [4.78, 5) is 4.59. The summed E-state index contributed by atoms with van der Waals surface area (Å²) in [6.07, 6.45) is 1.91. The van der Waals surface area contributed by atoms with Crippen LogP contribution in [0.2, 0.25) is 0 Å². The minimum Gasteiger partial charge on any atom is -0.355 e. The highest BCUT2D eigenvalue weighted by molar-refractivity contribution is 5.90. The van der Waals surface area contributed by atoms with Crippen molar-refractivity contribution >= 4 is 23.3 Å². The fraction of sp³-hybridized carbons (Fsp3) is 0.0952. The molecule has 2 nitrogen and oxygen atoms in total. The number of aryl methyl sites for hydroxylation is 2. The molecule has 0 aliphatic carbocycles. The van der Waals surface area contributed by atoms with Crippen LogP contribution in [0.4, 0.5) is 17.1 Å². The normalized spacial score (nSPS) is 10.9. The number of nitrogens with one attached hydrogen (secondary N) is 1. The lowest BCUT2D eigenvalue weighted by Gasteiger charge is -2.09. The third kappa shape index (κ3) is 4.07. The third-order valence-electron chi connectivity index (χ3n) is 3.65. The van der Waals surface area contributed by atoms with Crippen molar-refractivity contribution in [3.63, 3.8) is 0 Å². The zero-order valence-corrected chi connectivity index (χ0v) is 13.5. The highest BCUT2D eigenvalue weighted by atomic mass is 14.9. The first kappa shape index (κ1) is 15.0. The van der Waals surface area contributed by atoms with Crippen LogP contribution in [0.3, 0.4) is 0 Å². The maximum Gasteiger partial charge on any atom is 0.0632 e. The fourth-order valence-corrected chi connectivity index (χ4v) is 2.37. The Morgan fingerprint density at radius 2 is 1.57 bits per heavy atom. The highest BCUT2D eigenvalue weighted by Gasteiger charge is 2.00. The van der Waals surface area contributed by atoms with E-state index in [1.165, 1.54) is 11.1 Å². The van der Waals surface area contributed by atoms with Gasteiger partial charge in [0.25, 0.3) is 0 Å². The molecule has 3 aromatic rings. The van der Waals surface area contributed by atoms with Crippen molar-refractivity contribution < 1.29 is 0 Å². The lowest BCUT2D eigenvalue weighted by atomic mass is 10.1. The lowest BCUT2D eigenvalue weighted by Crippen LogP contribution is -1.95. The van der Waals surface area contributed by atoms with Crippen molar-refractivity contribution in [1.29, 1.82) is 0 Å². The maximum atomic E-state index is 4.59. The Morgan fingerprint density at radius 3 is 2.35 bits per heavy atom. The molecular weight excluding hydrogens is 280 g/mol. The zero-order valence-electron chi connectivity index (χ0n) is 13.5. The number of rotatable bonds is 4. The van der Waals surface area contributed by atoms with Crippen molar-refractivity contribution in [1.82, 2.24) is 0 Å². The predicted octanol–water partition coefficient (Wildman–Crippen LogP) is 5.80. The highest BCUT2D eigenvalue weighted by Crippen LogP contribution is 2.21. The van der Waals surface area contributed by atoms with E-state index in [9.17, 15) is 0 Å². The fourth-order valence-electron chi connectivity index (χ4n) is 2.37. The summed E-state index contributed by atoms with van der Waals surface area (Å²) >= 11 is 0. The smallest absolute Gasteiger partial charge is 0.0632 e. The summed E-state index contributed by atoms with van der Waals surface area (Å²) in [6, 6.07) is 24.8. The van der Waals surface area contributed by atoms with Crippen LogP contribution in [-0.4, -0.2) is 6.21 Å². The number of aliphatic imine (C=N–C) groups is 1. The molecule has 23 heavy (non-hydrogen) atoms.